The van der Waals surface area contributed by atoms with Gasteiger partial charge in [-0.15, -0.1) is 0 Å². The van der Waals surface area contributed by atoms with Gasteiger partial charge in [-0.25, -0.2) is 0 Å². The molecule has 0 bridgehead atoms. The second-order valence-corrected chi connectivity index (χ2v) is 1.98. The first-order valence-corrected chi connectivity index (χ1v) is 3.18. The van der Waals surface area contributed by atoms with Gasteiger partial charge in [0.15, 0.2) is 0 Å². The summed E-state index contributed by atoms with van der Waals surface area (Å²) < 4.78 is 14.9. The molecule has 9 heavy (non-hydrogen) atoms. The van der Waals surface area contributed by atoms with E-state index in [1.807, 2.05) is 0 Å². The van der Waals surface area contributed by atoms with Crippen LogP contribution in [0.2, 0.25) is 0 Å². The van der Waals surface area contributed by atoms with E-state index in [2.05, 4.69) is 6.92 Å². The molecule has 0 radical (unpaired) electrons. The maximum Gasteiger partial charge on any atom is 0.212 e. The molecule has 1 aliphatic rings. The normalized spacial score (nSPS) is 32.7. The van der Waals surface area contributed by atoms with E-state index in [1.54, 1.807) is 7.11 Å². The van der Waals surface area contributed by atoms with Crippen molar-refractivity contribution in [2.45, 2.75) is 25.9 Å². The van der Waals surface area contributed by atoms with Crippen molar-refractivity contribution in [3.8, 4) is 0 Å². The fourth-order valence-corrected chi connectivity index (χ4v) is 0.605. The highest BCUT2D eigenvalue weighted by Crippen LogP contribution is 2.23. The molecule has 1 aliphatic heterocycles. The third-order valence-electron chi connectivity index (χ3n) is 1.13. The van der Waals surface area contributed by atoms with Gasteiger partial charge < -0.3 is 14.2 Å². The molecule has 0 spiro atoms. The average molecular weight is 132 g/mol. The lowest BCUT2D eigenvalue weighted by molar-refractivity contribution is 0.0499. The molecule has 54 valence electrons. The van der Waals surface area contributed by atoms with Gasteiger partial charge in [-0.1, -0.05) is 6.92 Å². The predicted molar refractivity (Wildman–Crippen MR) is 31.9 cm³/mol. The fraction of sp³-hybridized carbons (Fsp3) is 1.00. The molecule has 2 atom stereocenters. The molecule has 0 saturated carbocycles. The number of rotatable bonds is 4. The van der Waals surface area contributed by atoms with Crippen LogP contribution in [-0.2, 0) is 14.2 Å². The maximum absolute atomic E-state index is 5.16. The Morgan fingerprint density at radius 2 is 2.22 bits per heavy atom. The van der Waals surface area contributed by atoms with Gasteiger partial charge >= 0.3 is 0 Å². The zero-order valence-electron chi connectivity index (χ0n) is 5.79. The van der Waals surface area contributed by atoms with E-state index in [0.717, 1.165) is 13.0 Å². The summed E-state index contributed by atoms with van der Waals surface area (Å²) in [5.41, 5.74) is 0. The monoisotopic (exact) mass is 132 g/mol. The minimum absolute atomic E-state index is 0.0880. The summed E-state index contributed by atoms with van der Waals surface area (Å²) >= 11 is 0. The SMILES string of the molecule is CCCOC1OC1OC. The number of epoxide rings is 1. The lowest BCUT2D eigenvalue weighted by Crippen LogP contribution is -2.01. The van der Waals surface area contributed by atoms with Crippen LogP contribution in [0.4, 0.5) is 0 Å². The first-order valence-electron chi connectivity index (χ1n) is 3.18. The molecule has 0 aromatic rings. The Morgan fingerprint density at radius 3 is 2.67 bits per heavy atom. The number of hydrogen-bond donors (Lipinski definition) is 0. The number of methoxy groups -OCH3 is 1. The Morgan fingerprint density at radius 1 is 1.44 bits per heavy atom. The molecule has 2 unspecified atom stereocenters. The Hall–Kier alpha value is -0.120. The van der Waals surface area contributed by atoms with Crippen LogP contribution in [0.1, 0.15) is 13.3 Å². The highest BCUT2D eigenvalue weighted by atomic mass is 16.9. The van der Waals surface area contributed by atoms with Crippen molar-refractivity contribution in [2.24, 2.45) is 0 Å². The lowest BCUT2D eigenvalue weighted by Gasteiger charge is -1.93. The number of ether oxygens (including phenoxy) is 3. The second kappa shape index (κ2) is 3.15. The highest BCUT2D eigenvalue weighted by molar-refractivity contribution is 4.64. The molecule has 1 fully saturated rings. The van der Waals surface area contributed by atoms with E-state index >= 15 is 0 Å². The Balaban J connectivity index is 1.92. The molecule has 0 aromatic carbocycles. The van der Waals surface area contributed by atoms with E-state index in [1.165, 1.54) is 0 Å². The van der Waals surface area contributed by atoms with Crippen LogP contribution < -0.4 is 0 Å². The lowest BCUT2D eigenvalue weighted by atomic mass is 10.5. The molecule has 1 rings (SSSR count). The van der Waals surface area contributed by atoms with Crippen molar-refractivity contribution in [1.29, 1.82) is 0 Å². The minimum Gasteiger partial charge on any atom is -0.351 e. The molecule has 1 saturated heterocycles. The Kier molecular flexibility index (Phi) is 2.45. The largest absolute Gasteiger partial charge is 0.351 e. The van der Waals surface area contributed by atoms with Crippen molar-refractivity contribution >= 4 is 0 Å². The zero-order valence-corrected chi connectivity index (χ0v) is 5.79. The third-order valence-corrected chi connectivity index (χ3v) is 1.13. The van der Waals surface area contributed by atoms with Gasteiger partial charge in [0.1, 0.15) is 0 Å². The van der Waals surface area contributed by atoms with Crippen molar-refractivity contribution in [1.82, 2.24) is 0 Å². The van der Waals surface area contributed by atoms with E-state index in [9.17, 15) is 0 Å². The molecule has 0 aliphatic carbocycles. The molecule has 3 nitrogen and oxygen atoms in total. The van der Waals surface area contributed by atoms with Gasteiger partial charge in [0.2, 0.25) is 12.6 Å². The van der Waals surface area contributed by atoms with Crippen LogP contribution in [0.3, 0.4) is 0 Å². The fourth-order valence-electron chi connectivity index (χ4n) is 0.605. The van der Waals surface area contributed by atoms with Crippen molar-refractivity contribution in [3.05, 3.63) is 0 Å². The molecule has 0 amide bonds. The summed E-state index contributed by atoms with van der Waals surface area (Å²) in [7, 11) is 1.61. The van der Waals surface area contributed by atoms with Gasteiger partial charge in [0.25, 0.3) is 0 Å². The van der Waals surface area contributed by atoms with E-state index in [0.29, 0.717) is 0 Å². The van der Waals surface area contributed by atoms with E-state index in [-0.39, 0.29) is 12.6 Å². The molecule has 0 aromatic heterocycles. The average Bonchev–Trinajstić information content (AvgIpc) is 2.62. The van der Waals surface area contributed by atoms with Gasteiger partial charge in [-0.05, 0) is 6.42 Å². The smallest absolute Gasteiger partial charge is 0.212 e. The predicted octanol–water partition coefficient (Wildman–Crippen LogP) is 0.742. The Labute approximate surface area is 54.9 Å². The quantitative estimate of drug-likeness (QED) is 0.529. The topological polar surface area (TPSA) is 31.0 Å². The van der Waals surface area contributed by atoms with Crippen LogP contribution >= 0.6 is 0 Å². The zero-order chi connectivity index (χ0) is 6.69. The molecule has 1 heterocycles. The van der Waals surface area contributed by atoms with Crippen LogP contribution in [0.25, 0.3) is 0 Å². The molecule has 0 N–H and O–H groups in total. The standard InChI is InChI=1S/C6H12O3/c1-3-4-8-6-5(7-2)9-6/h5-6H,3-4H2,1-2H3. The first kappa shape index (κ1) is 6.99. The van der Waals surface area contributed by atoms with Crippen molar-refractivity contribution in [2.75, 3.05) is 13.7 Å². The van der Waals surface area contributed by atoms with Crippen LogP contribution in [0.5, 0.6) is 0 Å². The summed E-state index contributed by atoms with van der Waals surface area (Å²) in [6.07, 6.45) is 0.836. The van der Waals surface area contributed by atoms with E-state index in [4.69, 9.17) is 14.2 Å². The Bertz CT molecular complexity index is 84.4. The van der Waals surface area contributed by atoms with Crippen LogP contribution in [0.15, 0.2) is 0 Å². The summed E-state index contributed by atoms with van der Waals surface area (Å²) in [5, 5.41) is 0. The molecular formula is C6H12O3. The van der Waals surface area contributed by atoms with Crippen LogP contribution in [0, 0.1) is 0 Å². The minimum atomic E-state index is -0.100. The first-order chi connectivity index (χ1) is 4.38. The van der Waals surface area contributed by atoms with Gasteiger partial charge in [0, 0.05) is 13.7 Å². The van der Waals surface area contributed by atoms with Gasteiger partial charge in [-0.2, -0.15) is 0 Å². The maximum atomic E-state index is 5.16. The second-order valence-electron chi connectivity index (χ2n) is 1.98. The summed E-state index contributed by atoms with van der Waals surface area (Å²) in [6, 6.07) is 0. The highest BCUT2D eigenvalue weighted by Gasteiger charge is 2.40. The number of hydrogen-bond acceptors (Lipinski definition) is 3. The third kappa shape index (κ3) is 1.93. The van der Waals surface area contributed by atoms with Crippen molar-refractivity contribution in [3.63, 3.8) is 0 Å². The summed E-state index contributed by atoms with van der Waals surface area (Å²) in [5.74, 6) is 0. The van der Waals surface area contributed by atoms with Crippen LogP contribution in [-0.4, -0.2) is 26.3 Å². The van der Waals surface area contributed by atoms with Gasteiger partial charge in [0.05, 0.1) is 0 Å². The summed E-state index contributed by atoms with van der Waals surface area (Å²) in [6.45, 7) is 2.81. The molecule has 3 heteroatoms. The van der Waals surface area contributed by atoms with Crippen molar-refractivity contribution < 1.29 is 14.2 Å². The molecular weight excluding hydrogens is 120 g/mol. The summed E-state index contributed by atoms with van der Waals surface area (Å²) in [4.78, 5) is 0. The van der Waals surface area contributed by atoms with Gasteiger partial charge in [-0.3, -0.25) is 0 Å². The van der Waals surface area contributed by atoms with E-state index < -0.39 is 0 Å².